The van der Waals surface area contributed by atoms with E-state index in [4.69, 9.17) is 0 Å². The van der Waals surface area contributed by atoms with E-state index in [1.807, 2.05) is 24.5 Å². The Morgan fingerprint density at radius 1 is 1.11 bits per heavy atom. The molecule has 1 atom stereocenters. The second-order valence-electron chi connectivity index (χ2n) is 6.94. The van der Waals surface area contributed by atoms with Gasteiger partial charge < -0.3 is 15.2 Å². The average molecular weight is 421 g/mol. The van der Waals surface area contributed by atoms with Crippen LogP contribution in [0.2, 0.25) is 0 Å². The zero-order chi connectivity index (χ0) is 17.8. The summed E-state index contributed by atoms with van der Waals surface area (Å²) < 4.78 is 2.15. The molecule has 0 radical (unpaired) electrons. The molecule has 0 spiro atoms. The van der Waals surface area contributed by atoms with Crippen LogP contribution in [0.25, 0.3) is 11.0 Å². The van der Waals surface area contributed by atoms with Gasteiger partial charge in [-0.25, -0.2) is 4.98 Å². The van der Waals surface area contributed by atoms with E-state index >= 15 is 0 Å². The van der Waals surface area contributed by atoms with E-state index in [1.165, 1.54) is 5.56 Å². The smallest absolute Gasteiger partial charge is 0.224 e. The summed E-state index contributed by atoms with van der Waals surface area (Å²) in [6, 6.07) is 16.6. The molecule has 1 amide bonds. The predicted molar refractivity (Wildman–Crippen MR) is 117 cm³/mol. The molecule has 1 aliphatic rings. The lowest BCUT2D eigenvalue weighted by atomic mass is 9.99. The van der Waals surface area contributed by atoms with Gasteiger partial charge in [0.05, 0.1) is 23.3 Å². The van der Waals surface area contributed by atoms with Crippen molar-refractivity contribution < 1.29 is 4.79 Å². The van der Waals surface area contributed by atoms with E-state index in [9.17, 15) is 4.79 Å². The molecule has 5 nitrogen and oxygen atoms in total. The third-order valence-electron chi connectivity index (χ3n) is 5.04. The molecule has 28 heavy (non-hydrogen) atoms. The van der Waals surface area contributed by atoms with Crippen LogP contribution in [0.4, 0.5) is 0 Å². The van der Waals surface area contributed by atoms with Crippen LogP contribution in [0.3, 0.4) is 0 Å². The van der Waals surface area contributed by atoms with Crippen molar-refractivity contribution >= 4 is 41.8 Å². The molecule has 0 bridgehead atoms. The molecule has 0 aliphatic carbocycles. The number of fused-ring (bicyclic) bond motifs is 1. The molecule has 150 valence electrons. The maximum atomic E-state index is 12.2. The highest BCUT2D eigenvalue weighted by Gasteiger charge is 2.20. The largest absolute Gasteiger partial charge is 0.352 e. The van der Waals surface area contributed by atoms with Crippen molar-refractivity contribution in [2.24, 2.45) is 5.92 Å². The number of halogens is 2. The van der Waals surface area contributed by atoms with Crippen LogP contribution in [0.1, 0.15) is 24.0 Å². The fourth-order valence-corrected chi connectivity index (χ4v) is 3.50. The summed E-state index contributed by atoms with van der Waals surface area (Å²) in [6.45, 7) is 3.20. The lowest BCUT2D eigenvalue weighted by molar-refractivity contribution is -0.125. The summed E-state index contributed by atoms with van der Waals surface area (Å²) in [5, 5.41) is 6.35. The number of hydrogen-bond acceptors (Lipinski definition) is 3. The van der Waals surface area contributed by atoms with Gasteiger partial charge in [0.2, 0.25) is 5.91 Å². The highest BCUT2D eigenvalue weighted by atomic mass is 35.5. The number of carbonyl (C=O) groups is 1. The Morgan fingerprint density at radius 2 is 1.86 bits per heavy atom. The number of hydrogen-bond donors (Lipinski definition) is 2. The van der Waals surface area contributed by atoms with Crippen LogP contribution >= 0.6 is 24.8 Å². The van der Waals surface area contributed by atoms with E-state index < -0.39 is 0 Å². The quantitative estimate of drug-likeness (QED) is 0.663. The molecule has 3 aromatic rings. The first-order chi connectivity index (χ1) is 12.8. The van der Waals surface area contributed by atoms with E-state index in [1.54, 1.807) is 0 Å². The second-order valence-corrected chi connectivity index (χ2v) is 6.94. The van der Waals surface area contributed by atoms with Crippen LogP contribution in [0, 0.1) is 5.92 Å². The summed E-state index contributed by atoms with van der Waals surface area (Å²) in [4.78, 5) is 16.6. The fourth-order valence-electron chi connectivity index (χ4n) is 3.50. The zero-order valence-electron chi connectivity index (χ0n) is 15.6. The number of piperidine rings is 1. The minimum Gasteiger partial charge on any atom is -0.352 e. The summed E-state index contributed by atoms with van der Waals surface area (Å²) >= 11 is 0. The number of nitrogens with one attached hydrogen (secondary N) is 2. The number of para-hydroxylation sites is 2. The molecule has 1 saturated heterocycles. The van der Waals surface area contributed by atoms with Crippen LogP contribution in [0.5, 0.6) is 0 Å². The first kappa shape index (κ1) is 22.2. The van der Waals surface area contributed by atoms with Crippen LogP contribution < -0.4 is 10.6 Å². The Hall–Kier alpha value is -2.08. The van der Waals surface area contributed by atoms with E-state index in [0.717, 1.165) is 49.1 Å². The van der Waals surface area contributed by atoms with Gasteiger partial charge in [0.25, 0.3) is 0 Å². The number of benzene rings is 2. The standard InChI is InChI=1S/C21H24N4O.2ClH/c26-21(18-4-3-11-22-13-18)23-12-16-7-9-17(10-8-16)14-25-15-24-19-5-1-2-6-20(19)25;;/h1-2,5-10,15,18,22H,3-4,11-14H2,(H,23,26);2*1H. The molecular weight excluding hydrogens is 395 g/mol. The van der Waals surface area contributed by atoms with Gasteiger partial charge in [0, 0.05) is 19.6 Å². The lowest BCUT2D eigenvalue weighted by Crippen LogP contribution is -2.40. The topological polar surface area (TPSA) is 59.0 Å². The normalized spacial score (nSPS) is 16.1. The first-order valence-corrected chi connectivity index (χ1v) is 9.26. The number of rotatable bonds is 5. The van der Waals surface area contributed by atoms with Crippen molar-refractivity contribution in [1.82, 2.24) is 20.2 Å². The summed E-state index contributed by atoms with van der Waals surface area (Å²) in [5.41, 5.74) is 4.51. The highest BCUT2D eigenvalue weighted by molar-refractivity contribution is 5.85. The number of nitrogens with zero attached hydrogens (tertiary/aromatic N) is 2. The maximum absolute atomic E-state index is 12.2. The number of amides is 1. The summed E-state index contributed by atoms with van der Waals surface area (Å²) in [5.74, 6) is 0.267. The van der Waals surface area contributed by atoms with E-state index in [-0.39, 0.29) is 36.6 Å². The molecule has 4 rings (SSSR count). The first-order valence-electron chi connectivity index (χ1n) is 9.26. The van der Waals surface area contributed by atoms with Crippen molar-refractivity contribution in [3.05, 3.63) is 66.0 Å². The Labute approximate surface area is 177 Å². The molecule has 7 heteroatoms. The lowest BCUT2D eigenvalue weighted by Gasteiger charge is -2.21. The zero-order valence-corrected chi connectivity index (χ0v) is 17.3. The van der Waals surface area contributed by atoms with Crippen LogP contribution in [-0.2, 0) is 17.9 Å². The predicted octanol–water partition coefficient (Wildman–Crippen LogP) is 3.54. The van der Waals surface area contributed by atoms with Gasteiger partial charge in [-0.3, -0.25) is 4.79 Å². The third kappa shape index (κ3) is 5.25. The van der Waals surface area contributed by atoms with Gasteiger partial charge in [-0.05, 0) is 42.6 Å². The molecule has 1 unspecified atom stereocenters. The molecule has 1 aromatic heterocycles. The van der Waals surface area contributed by atoms with Gasteiger partial charge in [0.1, 0.15) is 0 Å². The van der Waals surface area contributed by atoms with Crippen molar-refractivity contribution in [2.75, 3.05) is 13.1 Å². The highest BCUT2D eigenvalue weighted by Crippen LogP contribution is 2.15. The number of aromatic nitrogens is 2. The Bertz CT molecular complexity index is 889. The molecule has 1 aliphatic heterocycles. The maximum Gasteiger partial charge on any atom is 0.224 e. The van der Waals surface area contributed by atoms with Crippen LogP contribution in [0.15, 0.2) is 54.9 Å². The van der Waals surface area contributed by atoms with Crippen molar-refractivity contribution in [3.63, 3.8) is 0 Å². The van der Waals surface area contributed by atoms with Gasteiger partial charge in [-0.1, -0.05) is 36.4 Å². The minimum absolute atomic E-state index is 0. The molecule has 2 aromatic carbocycles. The number of imidazole rings is 1. The monoisotopic (exact) mass is 420 g/mol. The molecular formula is C21H26Cl2N4O. The van der Waals surface area contributed by atoms with Gasteiger partial charge >= 0.3 is 0 Å². The molecule has 0 saturated carbocycles. The fraction of sp³-hybridized carbons (Fsp3) is 0.333. The second kappa shape index (κ2) is 10.5. The Balaban J connectivity index is 0.00000140. The van der Waals surface area contributed by atoms with Crippen molar-refractivity contribution in [3.8, 4) is 0 Å². The van der Waals surface area contributed by atoms with Crippen molar-refractivity contribution in [1.29, 1.82) is 0 Å². The minimum atomic E-state index is 0. The summed E-state index contributed by atoms with van der Waals surface area (Å²) in [7, 11) is 0. The summed E-state index contributed by atoms with van der Waals surface area (Å²) in [6.07, 6.45) is 3.95. The molecule has 1 fully saturated rings. The average Bonchev–Trinajstić information content (AvgIpc) is 3.11. The Kier molecular flexibility index (Phi) is 8.30. The van der Waals surface area contributed by atoms with Gasteiger partial charge in [-0.2, -0.15) is 0 Å². The van der Waals surface area contributed by atoms with Gasteiger partial charge in [0.15, 0.2) is 0 Å². The number of carbonyl (C=O) groups excluding carboxylic acids is 1. The molecule has 2 heterocycles. The van der Waals surface area contributed by atoms with Crippen molar-refractivity contribution in [2.45, 2.75) is 25.9 Å². The third-order valence-corrected chi connectivity index (χ3v) is 5.04. The molecule has 2 N–H and O–H groups in total. The van der Waals surface area contributed by atoms with Gasteiger partial charge in [-0.15, -0.1) is 24.8 Å². The van der Waals surface area contributed by atoms with E-state index in [2.05, 4.69) is 50.5 Å². The van der Waals surface area contributed by atoms with E-state index in [0.29, 0.717) is 6.54 Å². The van der Waals surface area contributed by atoms with Crippen LogP contribution in [-0.4, -0.2) is 28.5 Å². The Morgan fingerprint density at radius 3 is 2.61 bits per heavy atom. The SMILES string of the molecule is Cl.Cl.O=C(NCc1ccc(Cn2cnc3ccccc32)cc1)C1CCCNC1.